The molecule has 2 rings (SSSR count). The zero-order valence-electron chi connectivity index (χ0n) is 11.8. The van der Waals surface area contributed by atoms with E-state index < -0.39 is 17.9 Å². The van der Waals surface area contributed by atoms with Crippen LogP contribution in [-0.2, 0) is 22.6 Å². The second-order valence-electron chi connectivity index (χ2n) is 5.09. The normalized spacial score (nSPS) is 14.9. The highest BCUT2D eigenvalue weighted by Gasteiger charge is 2.37. The molecule has 0 saturated heterocycles. The monoisotopic (exact) mass is 290 g/mol. The molecule has 1 aliphatic heterocycles. The van der Waals surface area contributed by atoms with Gasteiger partial charge in [-0.25, -0.2) is 4.79 Å². The largest absolute Gasteiger partial charge is 0.480 e. The highest BCUT2D eigenvalue weighted by molar-refractivity contribution is 6.00. The molecular formula is C15H18N2O4. The van der Waals surface area contributed by atoms with Gasteiger partial charge in [0.15, 0.2) is 0 Å². The van der Waals surface area contributed by atoms with Gasteiger partial charge in [-0.15, -0.1) is 0 Å². The number of hydrogen-bond acceptors (Lipinski definition) is 3. The number of nitrogens with zero attached hydrogens (tertiary/aromatic N) is 1. The molecule has 1 aliphatic rings. The van der Waals surface area contributed by atoms with Gasteiger partial charge >= 0.3 is 5.97 Å². The zero-order chi connectivity index (χ0) is 15.6. The van der Waals surface area contributed by atoms with Crippen LogP contribution in [-0.4, -0.2) is 33.8 Å². The third kappa shape index (κ3) is 2.89. The highest BCUT2D eigenvalue weighted by Crippen LogP contribution is 2.29. The summed E-state index contributed by atoms with van der Waals surface area (Å²) in [6, 6.07) is 4.43. The van der Waals surface area contributed by atoms with Crippen LogP contribution in [0, 0.1) is 0 Å². The Bertz CT molecular complexity index is 597. The molecule has 0 aromatic heterocycles. The molecule has 0 bridgehead atoms. The molecule has 1 aromatic carbocycles. The van der Waals surface area contributed by atoms with Crippen molar-refractivity contribution in [3.05, 3.63) is 34.9 Å². The van der Waals surface area contributed by atoms with Crippen molar-refractivity contribution in [2.45, 2.75) is 38.8 Å². The van der Waals surface area contributed by atoms with E-state index in [1.54, 1.807) is 12.1 Å². The van der Waals surface area contributed by atoms with E-state index in [1.807, 2.05) is 13.0 Å². The van der Waals surface area contributed by atoms with Crippen molar-refractivity contribution in [3.8, 4) is 0 Å². The minimum absolute atomic E-state index is 0.0336. The summed E-state index contributed by atoms with van der Waals surface area (Å²) < 4.78 is 0. The van der Waals surface area contributed by atoms with Crippen molar-refractivity contribution in [1.29, 1.82) is 0 Å². The van der Waals surface area contributed by atoms with Crippen LogP contribution in [0.5, 0.6) is 0 Å². The number of carboxylic acid groups (broad SMARTS) is 1. The number of primary amides is 1. The van der Waals surface area contributed by atoms with Crippen molar-refractivity contribution in [1.82, 2.24) is 4.90 Å². The number of carbonyl (C=O) groups is 3. The van der Waals surface area contributed by atoms with Crippen molar-refractivity contribution in [2.75, 3.05) is 0 Å². The lowest BCUT2D eigenvalue weighted by Gasteiger charge is -2.23. The molecule has 1 aromatic rings. The molecule has 1 heterocycles. The van der Waals surface area contributed by atoms with Gasteiger partial charge in [0.2, 0.25) is 5.91 Å². The Morgan fingerprint density at radius 2 is 2.14 bits per heavy atom. The van der Waals surface area contributed by atoms with Gasteiger partial charge in [-0.3, -0.25) is 9.59 Å². The molecule has 0 saturated carbocycles. The van der Waals surface area contributed by atoms with Gasteiger partial charge < -0.3 is 15.7 Å². The molecule has 112 valence electrons. The van der Waals surface area contributed by atoms with Gasteiger partial charge in [0, 0.05) is 18.5 Å². The first kappa shape index (κ1) is 15.0. The SMILES string of the molecule is CCc1cccc2c1CN(C(CCC(N)=O)C(=O)O)C2=O. The number of aryl methyl sites for hydroxylation is 1. The minimum Gasteiger partial charge on any atom is -0.480 e. The fraction of sp³-hybridized carbons (Fsp3) is 0.400. The fourth-order valence-corrected chi connectivity index (χ4v) is 2.69. The van der Waals surface area contributed by atoms with Crippen LogP contribution < -0.4 is 5.73 Å². The summed E-state index contributed by atoms with van der Waals surface area (Å²) in [5.74, 6) is -1.98. The van der Waals surface area contributed by atoms with Gasteiger partial charge in [0.1, 0.15) is 6.04 Å². The van der Waals surface area contributed by atoms with Crippen LogP contribution in [0.15, 0.2) is 18.2 Å². The second-order valence-corrected chi connectivity index (χ2v) is 5.09. The average molecular weight is 290 g/mol. The molecule has 21 heavy (non-hydrogen) atoms. The van der Waals surface area contributed by atoms with Gasteiger partial charge in [0.25, 0.3) is 5.91 Å². The lowest BCUT2D eigenvalue weighted by Crippen LogP contribution is -2.42. The first-order valence-corrected chi connectivity index (χ1v) is 6.88. The minimum atomic E-state index is -1.12. The standard InChI is InChI=1S/C15H18N2O4/c1-2-9-4-3-5-10-11(9)8-17(14(10)19)12(15(20)21)6-7-13(16)18/h3-5,12H,2,6-8H2,1H3,(H2,16,18)(H,20,21). The first-order valence-electron chi connectivity index (χ1n) is 6.88. The lowest BCUT2D eigenvalue weighted by molar-refractivity contribution is -0.142. The Morgan fingerprint density at radius 1 is 1.43 bits per heavy atom. The Balaban J connectivity index is 2.27. The summed E-state index contributed by atoms with van der Waals surface area (Å²) in [5, 5.41) is 9.32. The molecule has 1 unspecified atom stereocenters. The van der Waals surface area contributed by atoms with Crippen LogP contribution in [0.2, 0.25) is 0 Å². The first-order chi connectivity index (χ1) is 9.95. The van der Waals surface area contributed by atoms with Crippen LogP contribution in [0.25, 0.3) is 0 Å². The van der Waals surface area contributed by atoms with Crippen molar-refractivity contribution in [2.24, 2.45) is 5.73 Å². The van der Waals surface area contributed by atoms with E-state index in [0.29, 0.717) is 5.56 Å². The van der Waals surface area contributed by atoms with E-state index in [2.05, 4.69) is 0 Å². The number of carbonyl (C=O) groups excluding carboxylic acids is 2. The number of rotatable bonds is 6. The molecule has 0 radical (unpaired) electrons. The van der Waals surface area contributed by atoms with E-state index in [0.717, 1.165) is 17.5 Å². The molecule has 6 heteroatoms. The average Bonchev–Trinajstić information content (AvgIpc) is 2.76. The maximum absolute atomic E-state index is 12.4. The number of fused-ring (bicyclic) bond motifs is 1. The van der Waals surface area contributed by atoms with Gasteiger partial charge in [0.05, 0.1) is 0 Å². The predicted molar refractivity (Wildman–Crippen MR) is 75.5 cm³/mol. The predicted octanol–water partition coefficient (Wildman–Crippen LogP) is 0.923. The maximum Gasteiger partial charge on any atom is 0.326 e. The maximum atomic E-state index is 12.4. The Labute approximate surface area is 122 Å². The topological polar surface area (TPSA) is 101 Å². The summed E-state index contributed by atoms with van der Waals surface area (Å²) in [7, 11) is 0. The molecular weight excluding hydrogens is 272 g/mol. The molecule has 3 N–H and O–H groups in total. The van der Waals surface area contributed by atoms with Gasteiger partial charge in [-0.1, -0.05) is 19.1 Å². The molecule has 0 aliphatic carbocycles. The van der Waals surface area contributed by atoms with Crippen LogP contribution in [0.4, 0.5) is 0 Å². The third-order valence-corrected chi connectivity index (χ3v) is 3.80. The highest BCUT2D eigenvalue weighted by atomic mass is 16.4. The fourth-order valence-electron chi connectivity index (χ4n) is 2.69. The van der Waals surface area contributed by atoms with Crippen LogP contribution in [0.1, 0.15) is 41.3 Å². The molecule has 0 spiro atoms. The summed E-state index contributed by atoms with van der Waals surface area (Å²) in [5.41, 5.74) is 7.55. The van der Waals surface area contributed by atoms with Crippen LogP contribution >= 0.6 is 0 Å². The zero-order valence-corrected chi connectivity index (χ0v) is 11.8. The van der Waals surface area contributed by atoms with Crippen molar-refractivity contribution in [3.63, 3.8) is 0 Å². The summed E-state index contributed by atoms with van der Waals surface area (Å²) in [6.45, 7) is 2.26. The number of hydrogen-bond donors (Lipinski definition) is 2. The number of amides is 2. The quantitative estimate of drug-likeness (QED) is 0.813. The molecule has 2 amide bonds. The van der Waals surface area contributed by atoms with Crippen LogP contribution in [0.3, 0.4) is 0 Å². The van der Waals surface area contributed by atoms with E-state index in [1.165, 1.54) is 4.90 Å². The number of carboxylic acids is 1. The Kier molecular flexibility index (Phi) is 4.26. The van der Waals surface area contributed by atoms with Crippen molar-refractivity contribution >= 4 is 17.8 Å². The van der Waals surface area contributed by atoms with E-state index in [9.17, 15) is 19.5 Å². The van der Waals surface area contributed by atoms with Crippen molar-refractivity contribution < 1.29 is 19.5 Å². The van der Waals surface area contributed by atoms with E-state index >= 15 is 0 Å². The summed E-state index contributed by atoms with van der Waals surface area (Å²) in [4.78, 5) is 36.0. The van der Waals surface area contributed by atoms with Gasteiger partial charge in [-0.2, -0.15) is 0 Å². The molecule has 0 fully saturated rings. The molecule has 1 atom stereocenters. The Hall–Kier alpha value is -2.37. The lowest BCUT2D eigenvalue weighted by atomic mass is 10.0. The van der Waals surface area contributed by atoms with E-state index in [4.69, 9.17) is 5.73 Å². The van der Waals surface area contributed by atoms with E-state index in [-0.39, 0.29) is 25.3 Å². The van der Waals surface area contributed by atoms with Gasteiger partial charge in [-0.05, 0) is 30.0 Å². The number of benzene rings is 1. The smallest absolute Gasteiger partial charge is 0.326 e. The second kappa shape index (κ2) is 5.95. The number of nitrogens with two attached hydrogens (primary N) is 1. The Morgan fingerprint density at radius 3 is 2.71 bits per heavy atom. The third-order valence-electron chi connectivity index (χ3n) is 3.80. The summed E-state index contributed by atoms with van der Waals surface area (Å²) in [6.07, 6.45) is 0.757. The molecule has 6 nitrogen and oxygen atoms in total. The number of aliphatic carboxylic acids is 1. The summed E-state index contributed by atoms with van der Waals surface area (Å²) >= 11 is 0.